The van der Waals surface area contributed by atoms with Crippen molar-refractivity contribution >= 4 is 5.90 Å². The molecule has 12 heavy (non-hydrogen) atoms. The summed E-state index contributed by atoms with van der Waals surface area (Å²) < 4.78 is 5.03. The number of hydrogen-bond acceptors (Lipinski definition) is 2. The van der Waals surface area contributed by atoms with Crippen LogP contribution in [0.25, 0.3) is 0 Å². The molecule has 2 heteroatoms. The van der Waals surface area contributed by atoms with Crippen LogP contribution in [0.15, 0.2) is 28.8 Å². The molecule has 0 saturated carbocycles. The summed E-state index contributed by atoms with van der Waals surface area (Å²) in [5.74, 6) is 0.720. The molecule has 0 unspecified atom stereocenters. The summed E-state index contributed by atoms with van der Waals surface area (Å²) in [6, 6.07) is 0. The lowest BCUT2D eigenvalue weighted by Gasteiger charge is -1.95. The fraction of sp³-hybridized carbons (Fsp3) is 0.500. The fourth-order valence-electron chi connectivity index (χ4n) is 1.16. The Hall–Kier alpha value is -1.05. The van der Waals surface area contributed by atoms with Crippen molar-refractivity contribution in [2.24, 2.45) is 4.99 Å². The van der Waals surface area contributed by atoms with Gasteiger partial charge in [-0.05, 0) is 12.0 Å². The number of allylic oxidation sites excluding steroid dienone is 2. The van der Waals surface area contributed by atoms with E-state index in [1.54, 1.807) is 7.11 Å². The van der Waals surface area contributed by atoms with Crippen molar-refractivity contribution in [1.82, 2.24) is 0 Å². The summed E-state index contributed by atoms with van der Waals surface area (Å²) in [5, 5.41) is 0. The lowest BCUT2D eigenvalue weighted by atomic mass is 10.1. The number of aliphatic imine (C=N–C) groups is 1. The van der Waals surface area contributed by atoms with Gasteiger partial charge in [0, 0.05) is 6.08 Å². The summed E-state index contributed by atoms with van der Waals surface area (Å²) in [6.45, 7) is 2.92. The standard InChI is InChI=1S/C10H15NO/c1-3-4-9-5-6-10(12-2)11-8-7-9/h5-7H,3-4,8H2,1-2H3. The molecule has 66 valence electrons. The van der Waals surface area contributed by atoms with E-state index in [0.717, 1.165) is 18.9 Å². The van der Waals surface area contributed by atoms with Gasteiger partial charge in [0.25, 0.3) is 0 Å². The van der Waals surface area contributed by atoms with Crippen LogP contribution in [0.1, 0.15) is 19.8 Å². The van der Waals surface area contributed by atoms with E-state index in [1.165, 1.54) is 12.0 Å². The third-order valence-electron chi connectivity index (χ3n) is 1.79. The molecule has 1 aliphatic heterocycles. The molecule has 0 aromatic heterocycles. The van der Waals surface area contributed by atoms with E-state index >= 15 is 0 Å². The van der Waals surface area contributed by atoms with Gasteiger partial charge in [-0.15, -0.1) is 0 Å². The zero-order valence-electron chi connectivity index (χ0n) is 7.71. The summed E-state index contributed by atoms with van der Waals surface area (Å²) in [5.41, 5.74) is 1.35. The van der Waals surface area contributed by atoms with Crippen LogP contribution in [0.3, 0.4) is 0 Å². The topological polar surface area (TPSA) is 21.6 Å². The van der Waals surface area contributed by atoms with Crippen molar-refractivity contribution in [3.05, 3.63) is 23.8 Å². The Labute approximate surface area is 73.6 Å². The van der Waals surface area contributed by atoms with Crippen LogP contribution in [0, 0.1) is 0 Å². The monoisotopic (exact) mass is 165 g/mol. The van der Waals surface area contributed by atoms with Gasteiger partial charge in [0.15, 0.2) is 0 Å². The second kappa shape index (κ2) is 4.75. The molecular formula is C10H15NO. The van der Waals surface area contributed by atoms with Crippen LogP contribution in [-0.4, -0.2) is 19.6 Å². The lowest BCUT2D eigenvalue weighted by molar-refractivity contribution is 0.405. The molecule has 1 heterocycles. The van der Waals surface area contributed by atoms with E-state index < -0.39 is 0 Å². The van der Waals surface area contributed by atoms with Gasteiger partial charge in [-0.25, -0.2) is 4.99 Å². The van der Waals surface area contributed by atoms with Crippen molar-refractivity contribution < 1.29 is 4.74 Å². The van der Waals surface area contributed by atoms with Crippen LogP contribution in [0.4, 0.5) is 0 Å². The summed E-state index contributed by atoms with van der Waals surface area (Å²) in [4.78, 5) is 4.21. The number of hydrogen-bond donors (Lipinski definition) is 0. The molecule has 0 atom stereocenters. The first-order valence-electron chi connectivity index (χ1n) is 4.32. The molecule has 0 aromatic rings. The van der Waals surface area contributed by atoms with Crippen molar-refractivity contribution in [3.63, 3.8) is 0 Å². The molecular weight excluding hydrogens is 150 g/mol. The van der Waals surface area contributed by atoms with E-state index in [1.807, 2.05) is 6.08 Å². The van der Waals surface area contributed by atoms with E-state index in [2.05, 4.69) is 24.1 Å². The Morgan fingerprint density at radius 3 is 3.00 bits per heavy atom. The van der Waals surface area contributed by atoms with Gasteiger partial charge >= 0.3 is 0 Å². The molecule has 0 N–H and O–H groups in total. The largest absolute Gasteiger partial charge is 0.481 e. The third kappa shape index (κ3) is 2.53. The van der Waals surface area contributed by atoms with Gasteiger partial charge in [0.2, 0.25) is 5.90 Å². The quantitative estimate of drug-likeness (QED) is 0.615. The maximum atomic E-state index is 5.03. The summed E-state index contributed by atoms with van der Waals surface area (Å²) in [7, 11) is 1.65. The first-order chi connectivity index (χ1) is 5.86. The Balaban J connectivity index is 2.58. The van der Waals surface area contributed by atoms with Crippen molar-refractivity contribution in [3.8, 4) is 0 Å². The normalized spacial score (nSPS) is 16.5. The molecule has 1 rings (SSSR count). The molecule has 2 nitrogen and oxygen atoms in total. The molecule has 0 radical (unpaired) electrons. The Bertz CT molecular complexity index is 226. The highest BCUT2D eigenvalue weighted by Crippen LogP contribution is 2.09. The molecule has 1 aliphatic rings. The van der Waals surface area contributed by atoms with Gasteiger partial charge in [-0.3, -0.25) is 0 Å². The maximum Gasteiger partial charge on any atom is 0.208 e. The Morgan fingerprint density at radius 1 is 1.50 bits per heavy atom. The predicted molar refractivity (Wildman–Crippen MR) is 51.4 cm³/mol. The van der Waals surface area contributed by atoms with Gasteiger partial charge in [-0.1, -0.05) is 25.5 Å². The van der Waals surface area contributed by atoms with Crippen LogP contribution in [0.2, 0.25) is 0 Å². The first kappa shape index (κ1) is 9.04. The third-order valence-corrected chi connectivity index (χ3v) is 1.79. The van der Waals surface area contributed by atoms with E-state index in [4.69, 9.17) is 4.74 Å². The SMILES string of the molecule is CCCC1=CCN=C(OC)C=C1. The Kier molecular flexibility index (Phi) is 3.58. The second-order valence-electron chi connectivity index (χ2n) is 2.75. The molecule has 0 aliphatic carbocycles. The van der Waals surface area contributed by atoms with Crippen LogP contribution in [-0.2, 0) is 4.74 Å². The van der Waals surface area contributed by atoms with Gasteiger partial charge in [0.1, 0.15) is 0 Å². The van der Waals surface area contributed by atoms with Crippen molar-refractivity contribution in [1.29, 1.82) is 0 Å². The van der Waals surface area contributed by atoms with Crippen molar-refractivity contribution in [2.75, 3.05) is 13.7 Å². The molecule has 0 fully saturated rings. The minimum absolute atomic E-state index is 0.720. The van der Waals surface area contributed by atoms with Crippen LogP contribution >= 0.6 is 0 Å². The van der Waals surface area contributed by atoms with E-state index in [-0.39, 0.29) is 0 Å². The average molecular weight is 165 g/mol. The number of ether oxygens (including phenoxy) is 1. The van der Waals surface area contributed by atoms with Gasteiger partial charge in [-0.2, -0.15) is 0 Å². The smallest absolute Gasteiger partial charge is 0.208 e. The highest BCUT2D eigenvalue weighted by molar-refractivity contribution is 5.88. The molecule has 0 aromatic carbocycles. The highest BCUT2D eigenvalue weighted by atomic mass is 16.5. The zero-order valence-corrected chi connectivity index (χ0v) is 7.71. The summed E-state index contributed by atoms with van der Waals surface area (Å²) in [6.07, 6.45) is 8.46. The number of nitrogens with zero attached hydrogens (tertiary/aromatic N) is 1. The predicted octanol–water partition coefficient (Wildman–Crippen LogP) is 2.33. The van der Waals surface area contributed by atoms with Gasteiger partial charge < -0.3 is 4.74 Å². The minimum Gasteiger partial charge on any atom is -0.481 e. The van der Waals surface area contributed by atoms with E-state index in [0.29, 0.717) is 0 Å². The fourth-order valence-corrected chi connectivity index (χ4v) is 1.16. The first-order valence-corrected chi connectivity index (χ1v) is 4.32. The minimum atomic E-state index is 0.720. The number of methoxy groups -OCH3 is 1. The van der Waals surface area contributed by atoms with E-state index in [9.17, 15) is 0 Å². The van der Waals surface area contributed by atoms with Crippen molar-refractivity contribution in [2.45, 2.75) is 19.8 Å². The maximum absolute atomic E-state index is 5.03. The molecule has 0 spiro atoms. The molecule has 0 bridgehead atoms. The summed E-state index contributed by atoms with van der Waals surface area (Å²) >= 11 is 0. The number of rotatable bonds is 2. The average Bonchev–Trinajstić information content (AvgIpc) is 2.31. The lowest BCUT2D eigenvalue weighted by Crippen LogP contribution is -1.95. The molecule has 0 amide bonds. The molecule has 0 saturated heterocycles. The second-order valence-corrected chi connectivity index (χ2v) is 2.75. The zero-order chi connectivity index (χ0) is 8.81. The van der Waals surface area contributed by atoms with Gasteiger partial charge in [0.05, 0.1) is 13.7 Å². The van der Waals surface area contributed by atoms with Crippen LogP contribution < -0.4 is 0 Å². The Morgan fingerprint density at radius 2 is 2.33 bits per heavy atom. The highest BCUT2D eigenvalue weighted by Gasteiger charge is 1.97. The van der Waals surface area contributed by atoms with Crippen LogP contribution in [0.5, 0.6) is 0 Å².